The zero-order valence-electron chi connectivity index (χ0n) is 21.9. The Bertz CT molecular complexity index is 1580. The fourth-order valence-electron chi connectivity index (χ4n) is 4.46. The summed E-state index contributed by atoms with van der Waals surface area (Å²) in [6, 6.07) is 20.2. The van der Waals surface area contributed by atoms with E-state index in [9.17, 15) is 19.2 Å². The summed E-state index contributed by atoms with van der Waals surface area (Å²) in [6.45, 7) is 1.20. The number of urea groups is 1. The number of piperazine rings is 1. The maximum Gasteiger partial charge on any atom is 0.323 e. The number of anilines is 2. The van der Waals surface area contributed by atoms with Gasteiger partial charge in [-0.2, -0.15) is 0 Å². The van der Waals surface area contributed by atoms with Crippen LogP contribution in [0, 0.1) is 12.8 Å². The summed E-state index contributed by atoms with van der Waals surface area (Å²) in [5, 5.41) is 5.97. The second kappa shape index (κ2) is 13.3. The lowest BCUT2D eigenvalue weighted by atomic mass is 10.1. The molecule has 0 radical (unpaired) electrons. The Balaban J connectivity index is 0.00000189. The van der Waals surface area contributed by atoms with Crippen molar-refractivity contribution in [2.24, 2.45) is 0 Å². The number of para-hydroxylation sites is 1. The van der Waals surface area contributed by atoms with Gasteiger partial charge in [0.25, 0.3) is 17.6 Å². The third-order valence-electron chi connectivity index (χ3n) is 6.49. The van der Waals surface area contributed by atoms with E-state index in [1.165, 1.54) is 11.1 Å². The number of H-pyrrole nitrogens is 1. The molecule has 1 aliphatic heterocycles. The van der Waals surface area contributed by atoms with Gasteiger partial charge in [-0.1, -0.05) is 30.3 Å². The molecule has 5 rings (SSSR count). The molecule has 3 aromatic carbocycles. The minimum absolute atomic E-state index is 0.101. The lowest BCUT2D eigenvalue weighted by molar-refractivity contribution is -0.127. The van der Waals surface area contributed by atoms with Gasteiger partial charge in [-0.15, -0.1) is 12.8 Å². The van der Waals surface area contributed by atoms with Crippen LogP contribution in [0.4, 0.5) is 16.2 Å². The molecule has 1 aromatic heterocycles. The van der Waals surface area contributed by atoms with Crippen molar-refractivity contribution < 1.29 is 23.7 Å². The van der Waals surface area contributed by atoms with Crippen LogP contribution in [0.3, 0.4) is 0 Å². The monoisotopic (exact) mass is 569 g/mol. The van der Waals surface area contributed by atoms with Crippen LogP contribution in [0.2, 0.25) is 0 Å². The van der Waals surface area contributed by atoms with E-state index >= 15 is 0 Å². The Labute approximate surface area is 240 Å². The van der Waals surface area contributed by atoms with Crippen LogP contribution in [0.25, 0.3) is 10.9 Å². The highest BCUT2D eigenvalue weighted by atomic mass is 32.2. The van der Waals surface area contributed by atoms with Crippen LogP contribution < -0.4 is 10.6 Å². The number of carbonyl (C=O) groups excluding carboxylic acids is 4. The molecule has 0 spiro atoms. The minimum Gasteiger partial charge on any atom is -0.359 e. The number of aromatic amines is 1. The molecule has 4 amide bonds. The first kappa shape index (κ1) is 28.9. The van der Waals surface area contributed by atoms with Crippen LogP contribution >= 0.6 is 12.0 Å². The number of rotatable bonds is 6. The first-order chi connectivity index (χ1) is 19.9. The second-order valence-electron chi connectivity index (χ2n) is 8.90. The lowest BCUT2D eigenvalue weighted by Crippen LogP contribution is -2.52. The van der Waals surface area contributed by atoms with Gasteiger partial charge >= 0.3 is 6.03 Å². The number of terminal acetylenes is 1. The van der Waals surface area contributed by atoms with Crippen LogP contribution in [0.1, 0.15) is 20.7 Å². The zero-order valence-corrected chi connectivity index (χ0v) is 22.7. The molecule has 4 N–H and O–H groups in total. The van der Waals surface area contributed by atoms with Gasteiger partial charge in [0, 0.05) is 66.0 Å². The fraction of sp³-hybridized carbons (Fsp3) is 0.133. The Morgan fingerprint density at radius 1 is 0.805 bits per heavy atom. The van der Waals surface area contributed by atoms with Crippen LogP contribution in [-0.4, -0.2) is 69.1 Å². The van der Waals surface area contributed by atoms with Crippen molar-refractivity contribution in [3.05, 3.63) is 90.1 Å². The molecule has 1 saturated heterocycles. The van der Waals surface area contributed by atoms with Crippen LogP contribution in [-0.2, 0) is 4.79 Å². The van der Waals surface area contributed by atoms with Gasteiger partial charge in [-0.25, -0.2) is 4.79 Å². The highest BCUT2D eigenvalue weighted by Gasteiger charge is 2.30. The molecule has 0 atom stereocenters. The fourth-order valence-corrected chi connectivity index (χ4v) is 4.72. The summed E-state index contributed by atoms with van der Waals surface area (Å²) in [6.07, 6.45) is 9.47. The Morgan fingerprint density at radius 2 is 1.46 bits per heavy atom. The Kier molecular flexibility index (Phi) is 9.42. The smallest absolute Gasteiger partial charge is 0.323 e. The molecule has 41 heavy (non-hydrogen) atoms. The van der Waals surface area contributed by atoms with Gasteiger partial charge in [-0.05, 0) is 42.5 Å². The molecule has 0 saturated carbocycles. The predicted molar refractivity (Wildman–Crippen MR) is 159 cm³/mol. The molecule has 11 heteroatoms. The van der Waals surface area contributed by atoms with E-state index in [2.05, 4.69) is 28.5 Å². The van der Waals surface area contributed by atoms with Gasteiger partial charge in [0.05, 0.1) is 16.8 Å². The maximum absolute atomic E-state index is 13.2. The zero-order chi connectivity index (χ0) is 29.4. The lowest BCUT2D eigenvalue weighted by Gasteiger charge is -2.34. The van der Waals surface area contributed by atoms with Gasteiger partial charge in [0.15, 0.2) is 0 Å². The molecular weight excluding hydrogens is 542 g/mol. The number of hydrogen-bond acceptors (Lipinski definition) is 6. The molecule has 0 bridgehead atoms. The summed E-state index contributed by atoms with van der Waals surface area (Å²) in [7, 11) is 0. The average Bonchev–Trinajstić information content (AvgIpc) is 3.47. The van der Waals surface area contributed by atoms with Gasteiger partial charge in [0.2, 0.25) is 0 Å². The van der Waals surface area contributed by atoms with E-state index in [4.69, 9.17) is 4.55 Å². The van der Waals surface area contributed by atoms with Crippen molar-refractivity contribution in [1.82, 2.24) is 14.8 Å². The number of fused-ring (bicyclic) bond motifs is 1. The van der Waals surface area contributed by atoms with Crippen LogP contribution in [0.5, 0.6) is 0 Å². The quantitative estimate of drug-likeness (QED) is 0.114. The second-order valence-corrected chi connectivity index (χ2v) is 9.56. The van der Waals surface area contributed by atoms with E-state index < -0.39 is 17.7 Å². The first-order valence-electron chi connectivity index (χ1n) is 12.6. The summed E-state index contributed by atoms with van der Waals surface area (Å²) < 4.78 is 9.08. The average molecular weight is 570 g/mol. The molecular formula is C30H27N5O5S. The molecule has 1 aliphatic rings. The third-order valence-corrected chi connectivity index (χ3v) is 6.98. The van der Waals surface area contributed by atoms with Crippen molar-refractivity contribution in [3.63, 3.8) is 0 Å². The number of ketones is 1. The molecule has 2 heterocycles. The van der Waals surface area contributed by atoms with E-state index in [0.29, 0.717) is 57.9 Å². The minimum atomic E-state index is -0.660. The highest BCUT2D eigenvalue weighted by Crippen LogP contribution is 2.27. The van der Waals surface area contributed by atoms with Crippen molar-refractivity contribution in [1.29, 1.82) is 0 Å². The molecule has 1 fully saturated rings. The first-order valence-corrected chi connectivity index (χ1v) is 13.3. The van der Waals surface area contributed by atoms with Crippen molar-refractivity contribution in [2.45, 2.75) is 4.90 Å². The largest absolute Gasteiger partial charge is 0.359 e. The molecule has 4 aromatic rings. The number of Topliss-reactive ketones (excluding diaryl/α,β-unsaturated/α-hetero) is 1. The van der Waals surface area contributed by atoms with Gasteiger partial charge in [-0.3, -0.25) is 14.4 Å². The Hall–Kier alpha value is -5.05. The summed E-state index contributed by atoms with van der Waals surface area (Å²) in [5.41, 5.74) is 2.28. The molecule has 0 unspecified atom stereocenters. The number of aromatic nitrogens is 1. The number of amides is 4. The third kappa shape index (κ3) is 6.58. The van der Waals surface area contributed by atoms with Crippen molar-refractivity contribution in [2.75, 3.05) is 36.8 Å². The highest BCUT2D eigenvalue weighted by molar-refractivity contribution is 7.93. The number of nitrogens with zero attached hydrogens (tertiary/aromatic N) is 2. The summed E-state index contributed by atoms with van der Waals surface area (Å²) in [5.74, 6) is -1.40. The van der Waals surface area contributed by atoms with Crippen molar-refractivity contribution in [3.8, 4) is 12.8 Å². The van der Waals surface area contributed by atoms with E-state index in [0.717, 1.165) is 0 Å². The van der Waals surface area contributed by atoms with E-state index in [-0.39, 0.29) is 24.6 Å². The number of benzene rings is 3. The summed E-state index contributed by atoms with van der Waals surface area (Å²) in [4.78, 5) is 58.3. The Morgan fingerprint density at radius 3 is 2.12 bits per heavy atom. The number of carbonyl (C=O) groups is 4. The SMILES string of the molecule is C#C.O=C(Nc1ccc(SO)cc1)Nc1cccc2c(C(=O)C(=O)N3CCN(C(=O)c4ccccc4)CC3)c[nH]c12. The molecule has 208 valence electrons. The van der Waals surface area contributed by atoms with Crippen LogP contribution in [0.15, 0.2) is 83.9 Å². The standard InChI is InChI=1S/C28H25N5O5S.C2H2/c34-25(27(36)33-15-13-32(14-16-33)26(35)18-5-2-1-3-6-18)22-17-29-24-21(22)7-4-8-23(24)31-28(37)30-19-9-11-20(39-38)12-10-19;1-2/h1-12,17,29,38H,13-16H2,(H2,30,31,37);1-2H. The topological polar surface area (TPSA) is 135 Å². The number of hydrogen-bond donors (Lipinski definition) is 4. The van der Waals surface area contributed by atoms with E-state index in [1.807, 2.05) is 6.07 Å². The van der Waals surface area contributed by atoms with E-state index in [1.54, 1.807) is 71.6 Å². The number of nitrogens with one attached hydrogen (secondary N) is 3. The normalized spacial score (nSPS) is 12.7. The van der Waals surface area contributed by atoms with Gasteiger partial charge < -0.3 is 30.0 Å². The van der Waals surface area contributed by atoms with Crippen molar-refractivity contribution >= 4 is 57.9 Å². The maximum atomic E-state index is 13.2. The predicted octanol–water partition coefficient (Wildman–Crippen LogP) is 4.79. The molecule has 10 nitrogen and oxygen atoms in total. The van der Waals surface area contributed by atoms with Gasteiger partial charge in [0.1, 0.15) is 0 Å². The molecule has 0 aliphatic carbocycles. The summed E-state index contributed by atoms with van der Waals surface area (Å²) >= 11 is 0.614.